The fraction of sp³-hybridized carbons (Fsp3) is 0.318. The van der Waals surface area contributed by atoms with E-state index in [1.54, 1.807) is 12.4 Å². The number of Topliss-reactive ketones (excluding diaryl/α,β-unsaturated/α-hetero) is 1. The molecule has 0 aliphatic heterocycles. The number of halogens is 1. The van der Waals surface area contributed by atoms with Gasteiger partial charge in [-0.25, -0.2) is 4.98 Å². The summed E-state index contributed by atoms with van der Waals surface area (Å²) in [5.41, 5.74) is 3.02. The number of thiazole rings is 1. The van der Waals surface area contributed by atoms with Gasteiger partial charge in [-0.2, -0.15) is 0 Å². The highest BCUT2D eigenvalue weighted by Gasteiger charge is 2.19. The summed E-state index contributed by atoms with van der Waals surface area (Å²) in [5.74, 6) is 0.553. The van der Waals surface area contributed by atoms with E-state index in [-0.39, 0.29) is 5.78 Å². The lowest BCUT2D eigenvalue weighted by Gasteiger charge is -2.16. The van der Waals surface area contributed by atoms with Crippen LogP contribution in [0.15, 0.2) is 48.8 Å². The second kappa shape index (κ2) is 9.25. The van der Waals surface area contributed by atoms with Crippen LogP contribution in [-0.4, -0.2) is 15.8 Å². The first-order valence-corrected chi connectivity index (χ1v) is 10.4. The second-order valence-electron chi connectivity index (χ2n) is 6.67. The van der Waals surface area contributed by atoms with Gasteiger partial charge < -0.3 is 0 Å². The van der Waals surface area contributed by atoms with Gasteiger partial charge in [-0.1, -0.05) is 37.1 Å². The molecule has 0 N–H and O–H groups in total. The molecule has 0 aliphatic rings. The van der Waals surface area contributed by atoms with Crippen LogP contribution in [0, 0.1) is 6.92 Å². The molecule has 2 heterocycles. The van der Waals surface area contributed by atoms with Crippen molar-refractivity contribution in [2.75, 3.05) is 0 Å². The molecular weight excluding hydrogens is 376 g/mol. The highest BCUT2D eigenvalue weighted by molar-refractivity contribution is 7.17. The quantitative estimate of drug-likeness (QED) is 0.396. The average molecular weight is 399 g/mol. The minimum absolute atomic E-state index is 0.176. The van der Waals surface area contributed by atoms with Crippen LogP contribution >= 0.6 is 22.9 Å². The maximum absolute atomic E-state index is 12.8. The standard InChI is InChI=1S/C22H23ClN2OS/c1-3-5-16(17-7-10-19(23)11-8-17)9-12-20(26)21-15(2)25-22(27-21)18-6-4-13-24-14-18/h4,6-8,10-11,13-14,16H,3,5,9,12H2,1-2H3. The largest absolute Gasteiger partial charge is 0.293 e. The molecule has 2 aromatic heterocycles. The molecule has 140 valence electrons. The molecule has 3 rings (SSSR count). The summed E-state index contributed by atoms with van der Waals surface area (Å²) in [4.78, 5) is 22.3. The molecule has 1 atom stereocenters. The molecule has 0 amide bonds. The van der Waals surface area contributed by atoms with Crippen molar-refractivity contribution in [3.63, 3.8) is 0 Å². The van der Waals surface area contributed by atoms with Gasteiger partial charge in [0.05, 0.1) is 10.6 Å². The number of hydrogen-bond donors (Lipinski definition) is 0. The predicted molar refractivity (Wildman–Crippen MR) is 113 cm³/mol. The number of hydrogen-bond acceptors (Lipinski definition) is 4. The smallest absolute Gasteiger partial charge is 0.174 e. The van der Waals surface area contributed by atoms with Crippen LogP contribution in [0.5, 0.6) is 0 Å². The number of pyridine rings is 1. The number of carbonyl (C=O) groups is 1. The van der Waals surface area contributed by atoms with Gasteiger partial charge in [-0.3, -0.25) is 9.78 Å². The Balaban J connectivity index is 1.71. The molecule has 0 spiro atoms. The molecule has 0 aliphatic carbocycles. The number of ketones is 1. The molecule has 1 unspecified atom stereocenters. The van der Waals surface area contributed by atoms with E-state index in [2.05, 4.69) is 29.0 Å². The van der Waals surface area contributed by atoms with E-state index in [0.717, 1.165) is 45.4 Å². The number of nitrogens with zero attached hydrogens (tertiary/aromatic N) is 2. The molecule has 0 saturated heterocycles. The number of rotatable bonds is 8. The summed E-state index contributed by atoms with van der Waals surface area (Å²) >= 11 is 7.47. The zero-order valence-electron chi connectivity index (χ0n) is 15.6. The summed E-state index contributed by atoms with van der Waals surface area (Å²) in [6.45, 7) is 4.09. The van der Waals surface area contributed by atoms with E-state index in [1.165, 1.54) is 16.9 Å². The van der Waals surface area contributed by atoms with Gasteiger partial charge in [0.25, 0.3) is 0 Å². The molecule has 5 heteroatoms. The SMILES string of the molecule is CCCC(CCC(=O)c1sc(-c2cccnc2)nc1C)c1ccc(Cl)cc1. The van der Waals surface area contributed by atoms with Gasteiger partial charge >= 0.3 is 0 Å². The molecular formula is C22H23ClN2OS. The van der Waals surface area contributed by atoms with Crippen LogP contribution in [0.1, 0.15) is 59.5 Å². The minimum Gasteiger partial charge on any atom is -0.293 e. The second-order valence-corrected chi connectivity index (χ2v) is 8.11. The first-order chi connectivity index (χ1) is 13.1. The maximum Gasteiger partial charge on any atom is 0.174 e. The van der Waals surface area contributed by atoms with Crippen LogP contribution in [0.25, 0.3) is 10.6 Å². The van der Waals surface area contributed by atoms with E-state index in [4.69, 9.17) is 11.6 Å². The third kappa shape index (κ3) is 5.02. The molecule has 0 saturated carbocycles. The van der Waals surface area contributed by atoms with Gasteiger partial charge in [0, 0.05) is 29.4 Å². The van der Waals surface area contributed by atoms with Crippen molar-refractivity contribution in [3.05, 3.63) is 69.9 Å². The molecule has 27 heavy (non-hydrogen) atoms. The highest BCUT2D eigenvalue weighted by Crippen LogP contribution is 2.31. The van der Waals surface area contributed by atoms with E-state index >= 15 is 0 Å². The lowest BCUT2D eigenvalue weighted by molar-refractivity contribution is 0.0980. The Labute approximate surface area is 169 Å². The number of aromatic nitrogens is 2. The van der Waals surface area contributed by atoms with Crippen molar-refractivity contribution in [2.45, 2.75) is 45.4 Å². The van der Waals surface area contributed by atoms with Gasteiger partial charge in [0.15, 0.2) is 5.78 Å². The Bertz CT molecular complexity index is 890. The fourth-order valence-corrected chi connectivity index (χ4v) is 4.40. The molecule has 3 nitrogen and oxygen atoms in total. The third-order valence-electron chi connectivity index (χ3n) is 4.66. The lowest BCUT2D eigenvalue weighted by atomic mass is 9.89. The third-order valence-corrected chi connectivity index (χ3v) is 6.16. The van der Waals surface area contributed by atoms with Crippen LogP contribution in [0.4, 0.5) is 0 Å². The maximum atomic E-state index is 12.8. The van der Waals surface area contributed by atoms with Crippen molar-refractivity contribution in [1.29, 1.82) is 0 Å². The normalized spacial score (nSPS) is 12.1. The Morgan fingerprint density at radius 3 is 2.63 bits per heavy atom. The summed E-state index contributed by atoms with van der Waals surface area (Å²) in [5, 5.41) is 1.60. The van der Waals surface area contributed by atoms with E-state index < -0.39 is 0 Å². The predicted octanol–water partition coefficient (Wildman–Crippen LogP) is 6.71. The number of benzene rings is 1. The van der Waals surface area contributed by atoms with Gasteiger partial charge in [-0.05, 0) is 55.5 Å². The van der Waals surface area contributed by atoms with Gasteiger partial charge in [0.1, 0.15) is 5.01 Å². The number of aryl methyl sites for hydroxylation is 1. The van der Waals surface area contributed by atoms with Gasteiger partial charge in [0.2, 0.25) is 0 Å². The Hall–Kier alpha value is -2.04. The summed E-state index contributed by atoms with van der Waals surface area (Å²) in [6.07, 6.45) is 7.05. The van der Waals surface area contributed by atoms with Crippen LogP contribution in [0.2, 0.25) is 5.02 Å². The molecule has 0 bridgehead atoms. The zero-order chi connectivity index (χ0) is 19.2. The molecule has 0 radical (unpaired) electrons. The number of carbonyl (C=O) groups excluding carboxylic acids is 1. The summed E-state index contributed by atoms with van der Waals surface area (Å²) in [7, 11) is 0. The fourth-order valence-electron chi connectivity index (χ4n) is 3.25. The summed E-state index contributed by atoms with van der Waals surface area (Å²) in [6, 6.07) is 11.9. The van der Waals surface area contributed by atoms with E-state index in [0.29, 0.717) is 12.3 Å². The van der Waals surface area contributed by atoms with Crippen molar-refractivity contribution in [2.24, 2.45) is 0 Å². The molecule has 3 aromatic rings. The van der Waals surface area contributed by atoms with E-state index in [1.807, 2.05) is 31.2 Å². The first kappa shape index (κ1) is 19.7. The topological polar surface area (TPSA) is 42.9 Å². The van der Waals surface area contributed by atoms with Gasteiger partial charge in [-0.15, -0.1) is 11.3 Å². The lowest BCUT2D eigenvalue weighted by Crippen LogP contribution is -2.04. The van der Waals surface area contributed by atoms with Crippen molar-refractivity contribution in [3.8, 4) is 10.6 Å². The zero-order valence-corrected chi connectivity index (χ0v) is 17.2. The Kier molecular flexibility index (Phi) is 6.75. The Morgan fingerprint density at radius 2 is 1.96 bits per heavy atom. The van der Waals surface area contributed by atoms with Crippen LogP contribution in [-0.2, 0) is 0 Å². The van der Waals surface area contributed by atoms with E-state index in [9.17, 15) is 4.79 Å². The van der Waals surface area contributed by atoms with Crippen LogP contribution < -0.4 is 0 Å². The summed E-state index contributed by atoms with van der Waals surface area (Å²) < 4.78 is 0. The minimum atomic E-state index is 0.176. The van der Waals surface area contributed by atoms with Crippen molar-refractivity contribution < 1.29 is 4.79 Å². The average Bonchev–Trinajstić information content (AvgIpc) is 3.08. The molecule has 1 aromatic carbocycles. The highest BCUT2D eigenvalue weighted by atomic mass is 35.5. The van der Waals surface area contributed by atoms with Crippen LogP contribution in [0.3, 0.4) is 0 Å². The van der Waals surface area contributed by atoms with Crippen molar-refractivity contribution >= 4 is 28.7 Å². The first-order valence-electron chi connectivity index (χ1n) is 9.25. The molecule has 0 fully saturated rings. The monoisotopic (exact) mass is 398 g/mol. The van der Waals surface area contributed by atoms with Crippen molar-refractivity contribution in [1.82, 2.24) is 9.97 Å². The Morgan fingerprint density at radius 1 is 1.19 bits per heavy atom.